The van der Waals surface area contributed by atoms with E-state index in [-0.39, 0.29) is 40.7 Å². The molecule has 0 saturated heterocycles. The maximum Gasteiger partial charge on any atom is 0.303 e. The molecular weight excluding hydrogens is 353 g/mol. The molecule has 2 heterocycles. The first kappa shape index (κ1) is 17.1. The van der Waals surface area contributed by atoms with Crippen molar-refractivity contribution >= 4 is 17.4 Å². The number of carbonyl (C=O) groups is 1. The first-order chi connectivity index (χ1) is 13.0. The number of halogens is 1. The Morgan fingerprint density at radius 3 is 2.67 bits per heavy atom. The molecule has 4 rings (SSSR count). The van der Waals surface area contributed by atoms with Crippen LogP contribution in [0.4, 0.5) is 4.39 Å². The summed E-state index contributed by atoms with van der Waals surface area (Å²) in [4.78, 5) is 27.3. The van der Waals surface area contributed by atoms with Gasteiger partial charge >= 0.3 is 5.97 Å². The summed E-state index contributed by atoms with van der Waals surface area (Å²) >= 11 is 0. The summed E-state index contributed by atoms with van der Waals surface area (Å²) in [5, 5.41) is 22.9. The minimum atomic E-state index is -1.10. The number of aliphatic carboxylic acids is 1. The summed E-state index contributed by atoms with van der Waals surface area (Å²) < 4.78 is 16.0. The Kier molecular flexibility index (Phi) is 4.10. The summed E-state index contributed by atoms with van der Waals surface area (Å²) in [7, 11) is 0. The van der Waals surface area contributed by atoms with E-state index in [1.165, 1.54) is 23.0 Å². The van der Waals surface area contributed by atoms with E-state index in [9.17, 15) is 19.1 Å². The van der Waals surface area contributed by atoms with Gasteiger partial charge in [0.05, 0.1) is 12.1 Å². The quantitative estimate of drug-likeness (QED) is 0.713. The van der Waals surface area contributed by atoms with Crippen molar-refractivity contribution in [3.05, 3.63) is 57.4 Å². The van der Waals surface area contributed by atoms with Gasteiger partial charge in [-0.3, -0.25) is 9.59 Å². The Labute approximate surface area is 152 Å². The molecule has 2 aromatic heterocycles. The van der Waals surface area contributed by atoms with Crippen LogP contribution in [-0.2, 0) is 4.79 Å². The molecule has 0 bridgehead atoms. The van der Waals surface area contributed by atoms with Crippen LogP contribution in [0.25, 0.3) is 22.7 Å². The Morgan fingerprint density at radius 2 is 2.00 bits per heavy atom. The molecule has 27 heavy (non-hydrogen) atoms. The van der Waals surface area contributed by atoms with Gasteiger partial charge in [-0.1, -0.05) is 6.07 Å². The molecule has 7 nitrogen and oxygen atoms in total. The topological polar surface area (TPSA) is 105 Å². The molecule has 1 aromatic carbocycles. The molecular formula is C19H16FN3O4. The Morgan fingerprint density at radius 1 is 1.22 bits per heavy atom. The highest BCUT2D eigenvalue weighted by Crippen LogP contribution is 2.41. The van der Waals surface area contributed by atoms with Crippen molar-refractivity contribution in [2.24, 2.45) is 0 Å². The van der Waals surface area contributed by atoms with Crippen LogP contribution in [0.3, 0.4) is 0 Å². The third kappa shape index (κ3) is 3.14. The maximum atomic E-state index is 14.7. The molecule has 0 atom stereocenters. The number of nitrogens with zero attached hydrogens (tertiary/aromatic N) is 3. The van der Waals surface area contributed by atoms with Crippen LogP contribution in [0.2, 0.25) is 0 Å². The van der Waals surface area contributed by atoms with Crippen LogP contribution >= 0.6 is 0 Å². The van der Waals surface area contributed by atoms with Gasteiger partial charge in [0.1, 0.15) is 23.1 Å². The highest BCUT2D eigenvalue weighted by molar-refractivity contribution is 5.69. The molecule has 1 saturated carbocycles. The number of aromatic nitrogens is 3. The van der Waals surface area contributed by atoms with Gasteiger partial charge in [-0.05, 0) is 36.5 Å². The predicted molar refractivity (Wildman–Crippen MR) is 94.8 cm³/mol. The van der Waals surface area contributed by atoms with Gasteiger partial charge in [-0.2, -0.15) is 5.10 Å². The number of benzene rings is 1. The normalized spacial score (nSPS) is 15.1. The molecule has 3 aromatic rings. The van der Waals surface area contributed by atoms with E-state index in [2.05, 4.69) is 10.1 Å². The number of pyridine rings is 1. The van der Waals surface area contributed by atoms with Crippen molar-refractivity contribution < 1.29 is 19.4 Å². The summed E-state index contributed by atoms with van der Waals surface area (Å²) in [6.45, 7) is 0. The lowest BCUT2D eigenvalue weighted by Gasteiger charge is -2.08. The summed E-state index contributed by atoms with van der Waals surface area (Å²) in [6.07, 6.45) is 2.76. The highest BCUT2D eigenvalue weighted by atomic mass is 19.1. The number of aliphatic hydroxyl groups excluding tert-OH is 1. The van der Waals surface area contributed by atoms with Gasteiger partial charge in [0.2, 0.25) is 0 Å². The number of hydrogen-bond acceptors (Lipinski definition) is 5. The zero-order valence-corrected chi connectivity index (χ0v) is 14.2. The molecule has 8 heteroatoms. The minimum absolute atomic E-state index is 0.0612. The van der Waals surface area contributed by atoms with Crippen molar-refractivity contribution in [3.8, 4) is 11.3 Å². The number of rotatable bonds is 5. The van der Waals surface area contributed by atoms with Crippen LogP contribution in [-0.4, -0.2) is 30.8 Å². The van der Waals surface area contributed by atoms with Crippen molar-refractivity contribution in [3.63, 3.8) is 0 Å². The van der Waals surface area contributed by atoms with Crippen molar-refractivity contribution in [2.45, 2.75) is 31.6 Å². The first-order valence-corrected chi connectivity index (χ1v) is 8.56. The summed E-state index contributed by atoms with van der Waals surface area (Å²) in [5.41, 5.74) is 0.862. The smallest absolute Gasteiger partial charge is 0.303 e. The van der Waals surface area contributed by atoms with Crippen LogP contribution in [0.15, 0.2) is 35.4 Å². The van der Waals surface area contributed by atoms with E-state index >= 15 is 0 Å². The summed E-state index contributed by atoms with van der Waals surface area (Å²) in [6, 6.07) is 6.12. The average Bonchev–Trinajstić information content (AvgIpc) is 3.37. The maximum absolute atomic E-state index is 14.7. The van der Waals surface area contributed by atoms with E-state index in [1.807, 2.05) is 6.07 Å². The second-order valence-electron chi connectivity index (χ2n) is 6.62. The Hall–Kier alpha value is -3.29. The molecule has 2 N–H and O–H groups in total. The third-order valence-electron chi connectivity index (χ3n) is 4.70. The molecule has 1 aliphatic carbocycles. The second-order valence-corrected chi connectivity index (χ2v) is 6.62. The predicted octanol–water partition coefficient (Wildman–Crippen LogP) is 2.02. The van der Waals surface area contributed by atoms with Crippen molar-refractivity contribution in [1.82, 2.24) is 14.6 Å². The first-order valence-electron chi connectivity index (χ1n) is 8.56. The van der Waals surface area contributed by atoms with Crippen molar-refractivity contribution in [2.75, 3.05) is 0 Å². The number of carboxylic acid groups (broad SMARTS) is 1. The van der Waals surface area contributed by atoms with Crippen LogP contribution in [0, 0.1) is 5.82 Å². The standard InChI is InChI=1S/C19H16FN3O4/c20-13-7-11(10-1-2-10)3-4-12(13)14-8-16(25)18(15(24)5-6-17(26)27)19-21-9-22-23(14)19/h3-4,7-10,24H,1-2,5-6H2,(H,26,27)/b18-15-. The molecule has 0 unspecified atom stereocenters. The van der Waals surface area contributed by atoms with Gasteiger partial charge in [-0.15, -0.1) is 0 Å². The Balaban J connectivity index is 1.89. The van der Waals surface area contributed by atoms with E-state index in [0.717, 1.165) is 18.4 Å². The zero-order chi connectivity index (χ0) is 19.1. The number of carboxylic acids is 1. The van der Waals surface area contributed by atoms with Gasteiger partial charge in [-0.25, -0.2) is 13.9 Å². The number of hydrogen-bond donors (Lipinski definition) is 2. The molecule has 1 aliphatic rings. The third-order valence-corrected chi connectivity index (χ3v) is 4.70. The van der Waals surface area contributed by atoms with E-state index < -0.39 is 17.2 Å². The van der Waals surface area contributed by atoms with Gasteiger partial charge in [0.15, 0.2) is 11.1 Å². The van der Waals surface area contributed by atoms with Crippen molar-refractivity contribution in [1.29, 1.82) is 0 Å². The number of aliphatic hydroxyl groups is 1. The number of fused-ring (bicyclic) bond motifs is 1. The SMILES string of the molecule is O=C(O)CC/C(O)=c1\c(=O)cc(-c2ccc(C3CC3)cc2F)n2ncnc12. The lowest BCUT2D eigenvalue weighted by molar-refractivity contribution is -0.136. The van der Waals surface area contributed by atoms with Crippen LogP contribution < -0.4 is 10.6 Å². The van der Waals surface area contributed by atoms with Gasteiger partial charge < -0.3 is 10.2 Å². The lowest BCUT2D eigenvalue weighted by Crippen LogP contribution is -2.30. The lowest BCUT2D eigenvalue weighted by atomic mass is 10.0. The average molecular weight is 369 g/mol. The molecule has 0 spiro atoms. The largest absolute Gasteiger partial charge is 0.511 e. The fourth-order valence-corrected chi connectivity index (χ4v) is 3.18. The molecule has 138 valence electrons. The second kappa shape index (κ2) is 6.46. The van der Waals surface area contributed by atoms with E-state index in [1.54, 1.807) is 6.07 Å². The van der Waals surface area contributed by atoms with Crippen LogP contribution in [0.1, 0.15) is 37.2 Å². The molecule has 1 fully saturated rings. The monoisotopic (exact) mass is 369 g/mol. The fraction of sp³-hybridized carbons (Fsp3) is 0.263. The molecule has 0 aliphatic heterocycles. The Bertz CT molecular complexity index is 1170. The summed E-state index contributed by atoms with van der Waals surface area (Å²) in [5.74, 6) is -1.53. The molecule has 0 radical (unpaired) electrons. The fourth-order valence-electron chi connectivity index (χ4n) is 3.18. The zero-order valence-electron chi connectivity index (χ0n) is 14.2. The van der Waals surface area contributed by atoms with E-state index in [4.69, 9.17) is 5.11 Å². The van der Waals surface area contributed by atoms with Gasteiger partial charge in [0.25, 0.3) is 0 Å². The minimum Gasteiger partial charge on any atom is -0.511 e. The van der Waals surface area contributed by atoms with E-state index in [0.29, 0.717) is 5.92 Å². The van der Waals surface area contributed by atoms with Crippen LogP contribution in [0.5, 0.6) is 0 Å². The molecule has 0 amide bonds. The highest BCUT2D eigenvalue weighted by Gasteiger charge is 2.25. The van der Waals surface area contributed by atoms with Gasteiger partial charge in [0, 0.05) is 18.1 Å².